The molecule has 0 bridgehead atoms. The van der Waals surface area contributed by atoms with Crippen molar-refractivity contribution < 1.29 is 33.6 Å². The smallest absolute Gasteiger partial charge is 0.295 e. The number of aliphatic hydroxyl groups excluding tert-OH is 1. The Kier molecular flexibility index (Phi) is 9.19. The summed E-state index contributed by atoms with van der Waals surface area (Å²) in [7, 11) is 8.26. The van der Waals surface area contributed by atoms with E-state index in [-0.39, 0.29) is 17.9 Å². The largest absolute Gasteiger partial charge is 0.507 e. The summed E-state index contributed by atoms with van der Waals surface area (Å²) < 4.78 is 22.5. The molecule has 0 aliphatic carbocycles. The molecule has 3 aromatic rings. The van der Waals surface area contributed by atoms with Crippen LogP contribution < -0.4 is 18.9 Å². The first-order valence-electron chi connectivity index (χ1n) is 13.2. The van der Waals surface area contributed by atoms with Crippen LogP contribution in [0.4, 0.5) is 0 Å². The van der Waals surface area contributed by atoms with Crippen LogP contribution in [0.1, 0.15) is 28.3 Å². The number of Topliss-reactive ketones (excluding diaryl/α,β-unsaturated/α-hetero) is 1. The third-order valence-corrected chi connectivity index (χ3v) is 7.03. The number of amides is 1. The van der Waals surface area contributed by atoms with Crippen molar-refractivity contribution in [3.8, 4) is 23.0 Å². The Labute approximate surface area is 240 Å². The third kappa shape index (κ3) is 6.15. The van der Waals surface area contributed by atoms with Crippen LogP contribution in [-0.2, 0) is 16.2 Å². The Morgan fingerprint density at radius 3 is 2.15 bits per heavy atom. The van der Waals surface area contributed by atoms with E-state index in [0.717, 1.165) is 5.56 Å². The van der Waals surface area contributed by atoms with Crippen molar-refractivity contribution in [2.75, 3.05) is 48.5 Å². The van der Waals surface area contributed by atoms with Crippen LogP contribution >= 0.6 is 0 Å². The van der Waals surface area contributed by atoms with E-state index in [2.05, 4.69) is 0 Å². The summed E-state index contributed by atoms with van der Waals surface area (Å²) in [5, 5.41) is 11.6. The Morgan fingerprint density at radius 2 is 1.59 bits per heavy atom. The number of methoxy groups -OCH3 is 3. The van der Waals surface area contributed by atoms with E-state index in [0.29, 0.717) is 52.8 Å². The second-order valence-corrected chi connectivity index (χ2v) is 10.0. The molecule has 1 heterocycles. The number of carbonyl (C=O) groups excluding carboxylic acids is 2. The number of rotatable bonds is 11. The maximum Gasteiger partial charge on any atom is 0.295 e. The maximum absolute atomic E-state index is 13.5. The molecule has 41 heavy (non-hydrogen) atoms. The summed E-state index contributed by atoms with van der Waals surface area (Å²) in [6.45, 7) is 2.99. The van der Waals surface area contributed by atoms with E-state index < -0.39 is 17.7 Å². The number of aliphatic hydroxyl groups is 1. The average molecular weight is 561 g/mol. The molecule has 1 fully saturated rings. The number of hydrogen-bond acceptors (Lipinski definition) is 8. The molecule has 0 radical (unpaired) electrons. The van der Waals surface area contributed by atoms with Crippen LogP contribution in [0.5, 0.6) is 23.0 Å². The van der Waals surface area contributed by atoms with Gasteiger partial charge in [0, 0.05) is 18.7 Å². The van der Waals surface area contributed by atoms with Gasteiger partial charge in [-0.05, 0) is 68.0 Å². The van der Waals surface area contributed by atoms with Gasteiger partial charge in [-0.1, -0.05) is 30.3 Å². The average Bonchev–Trinajstić information content (AvgIpc) is 3.23. The van der Waals surface area contributed by atoms with Crippen molar-refractivity contribution in [3.05, 3.63) is 88.5 Å². The molecule has 216 valence electrons. The van der Waals surface area contributed by atoms with Gasteiger partial charge < -0.3 is 33.9 Å². The summed E-state index contributed by atoms with van der Waals surface area (Å²) in [6, 6.07) is 17.5. The van der Waals surface area contributed by atoms with Gasteiger partial charge in [-0.25, -0.2) is 0 Å². The van der Waals surface area contributed by atoms with Gasteiger partial charge in [-0.15, -0.1) is 0 Å². The number of aryl methyl sites for hydroxylation is 1. The van der Waals surface area contributed by atoms with Gasteiger partial charge in [0.05, 0.1) is 32.9 Å². The highest BCUT2D eigenvalue weighted by molar-refractivity contribution is 6.46. The highest BCUT2D eigenvalue weighted by atomic mass is 16.5. The molecule has 3 aromatic carbocycles. The summed E-state index contributed by atoms with van der Waals surface area (Å²) in [5.74, 6) is 0.0340. The van der Waals surface area contributed by atoms with Gasteiger partial charge in [0.2, 0.25) is 5.75 Å². The second-order valence-electron chi connectivity index (χ2n) is 10.0. The highest BCUT2D eigenvalue weighted by Gasteiger charge is 2.46. The molecule has 0 aromatic heterocycles. The fraction of sp³-hybridized carbons (Fsp3) is 0.312. The van der Waals surface area contributed by atoms with E-state index >= 15 is 0 Å². The predicted molar refractivity (Wildman–Crippen MR) is 156 cm³/mol. The fourth-order valence-corrected chi connectivity index (χ4v) is 4.90. The molecule has 9 heteroatoms. The predicted octanol–water partition coefficient (Wildman–Crippen LogP) is 4.58. The van der Waals surface area contributed by atoms with Crippen LogP contribution in [0.3, 0.4) is 0 Å². The first-order valence-corrected chi connectivity index (χ1v) is 13.2. The van der Waals surface area contributed by atoms with Crippen molar-refractivity contribution in [3.63, 3.8) is 0 Å². The van der Waals surface area contributed by atoms with Crippen molar-refractivity contribution in [1.29, 1.82) is 0 Å². The van der Waals surface area contributed by atoms with E-state index in [1.807, 2.05) is 56.3 Å². The maximum atomic E-state index is 13.5. The Bertz CT molecular complexity index is 1420. The van der Waals surface area contributed by atoms with Crippen molar-refractivity contribution >= 4 is 17.4 Å². The number of nitrogens with zero attached hydrogens (tertiary/aromatic N) is 2. The summed E-state index contributed by atoms with van der Waals surface area (Å²) >= 11 is 0. The minimum absolute atomic E-state index is 0.0101. The zero-order valence-corrected chi connectivity index (χ0v) is 24.3. The van der Waals surface area contributed by atoms with Crippen LogP contribution in [0.2, 0.25) is 0 Å². The number of likely N-dealkylation sites (tertiary alicyclic amines) is 1. The van der Waals surface area contributed by atoms with Crippen molar-refractivity contribution in [2.24, 2.45) is 0 Å². The SMILES string of the molecule is COc1cc([C@H]2C(=C(O)c3ccc(OCc4ccccc4)cc3C)C(=O)C(=O)N2CCN(C)C)cc(OC)c1OC. The minimum atomic E-state index is -0.878. The Morgan fingerprint density at radius 1 is 0.927 bits per heavy atom. The van der Waals surface area contributed by atoms with Crippen LogP contribution in [0.15, 0.2) is 66.2 Å². The van der Waals surface area contributed by atoms with E-state index in [9.17, 15) is 14.7 Å². The quantitative estimate of drug-likeness (QED) is 0.207. The molecule has 1 amide bonds. The van der Waals surface area contributed by atoms with Gasteiger partial charge in [0.1, 0.15) is 18.1 Å². The minimum Gasteiger partial charge on any atom is -0.507 e. The van der Waals surface area contributed by atoms with E-state index in [1.54, 1.807) is 30.3 Å². The van der Waals surface area contributed by atoms with Crippen molar-refractivity contribution in [1.82, 2.24) is 9.80 Å². The first kappa shape index (κ1) is 29.5. The van der Waals surface area contributed by atoms with Gasteiger partial charge in [0.15, 0.2) is 11.5 Å². The second kappa shape index (κ2) is 12.8. The molecule has 0 spiro atoms. The monoisotopic (exact) mass is 560 g/mol. The molecule has 4 rings (SSSR count). The highest BCUT2D eigenvalue weighted by Crippen LogP contribution is 2.46. The Balaban J connectivity index is 1.79. The lowest BCUT2D eigenvalue weighted by Gasteiger charge is -2.27. The standard InChI is InChI=1S/C32H36N2O7/c1-20-16-23(41-19-21-10-8-7-9-11-21)12-13-24(20)29(35)27-28(34(15-14-33(2)3)32(37)30(27)36)22-17-25(38-4)31(40-6)26(18-22)39-5/h7-13,16-18,28,35H,14-15,19H2,1-6H3/t28-/m0/s1. The summed E-state index contributed by atoms with van der Waals surface area (Å²) in [4.78, 5) is 30.2. The van der Waals surface area contributed by atoms with Crippen LogP contribution in [0, 0.1) is 6.92 Å². The number of likely N-dealkylation sites (N-methyl/N-ethyl adjacent to an activating group) is 1. The lowest BCUT2D eigenvalue weighted by molar-refractivity contribution is -0.140. The molecule has 1 atom stereocenters. The lowest BCUT2D eigenvalue weighted by Crippen LogP contribution is -2.35. The fourth-order valence-electron chi connectivity index (χ4n) is 4.90. The van der Waals surface area contributed by atoms with Gasteiger partial charge >= 0.3 is 0 Å². The normalized spacial score (nSPS) is 16.3. The zero-order valence-electron chi connectivity index (χ0n) is 24.3. The number of ketones is 1. The van der Waals surface area contributed by atoms with Gasteiger partial charge in [-0.2, -0.15) is 0 Å². The Hall–Kier alpha value is -4.50. The molecule has 1 N–H and O–H groups in total. The third-order valence-electron chi connectivity index (χ3n) is 7.03. The lowest BCUT2D eigenvalue weighted by atomic mass is 9.93. The van der Waals surface area contributed by atoms with Crippen molar-refractivity contribution in [2.45, 2.75) is 19.6 Å². The zero-order chi connectivity index (χ0) is 29.7. The molecule has 1 aliphatic rings. The number of ether oxygens (including phenoxy) is 4. The topological polar surface area (TPSA) is 97.8 Å². The van der Waals surface area contributed by atoms with E-state index in [1.165, 1.54) is 26.2 Å². The summed E-state index contributed by atoms with van der Waals surface area (Å²) in [5.41, 5.74) is 2.68. The van der Waals surface area contributed by atoms with Gasteiger partial charge in [0.25, 0.3) is 11.7 Å². The molecule has 1 aliphatic heterocycles. The number of carbonyl (C=O) groups is 2. The molecule has 1 saturated heterocycles. The molecular formula is C32H36N2O7. The van der Waals surface area contributed by atoms with Crippen LogP contribution in [-0.4, -0.2) is 75.1 Å². The molecule has 0 unspecified atom stereocenters. The van der Waals surface area contributed by atoms with Crippen LogP contribution in [0.25, 0.3) is 5.76 Å². The number of hydrogen-bond donors (Lipinski definition) is 1. The first-order chi connectivity index (χ1) is 19.7. The molecule has 0 saturated carbocycles. The van der Waals surface area contributed by atoms with Gasteiger partial charge in [-0.3, -0.25) is 9.59 Å². The molecular weight excluding hydrogens is 524 g/mol. The number of benzene rings is 3. The molecule has 9 nitrogen and oxygen atoms in total. The summed E-state index contributed by atoms with van der Waals surface area (Å²) in [6.07, 6.45) is 0. The van der Waals surface area contributed by atoms with E-state index in [4.69, 9.17) is 18.9 Å².